The van der Waals surface area contributed by atoms with E-state index >= 15 is 0 Å². The van der Waals surface area contributed by atoms with Gasteiger partial charge in [-0.15, -0.1) is 0 Å². The zero-order chi connectivity index (χ0) is 18.6. The third-order valence-electron chi connectivity index (χ3n) is 4.06. The van der Waals surface area contributed by atoms with E-state index in [1.807, 2.05) is 41.1 Å². The van der Waals surface area contributed by atoms with Gasteiger partial charge in [0.15, 0.2) is 0 Å². The lowest BCUT2D eigenvalue weighted by atomic mass is 10.2. The van der Waals surface area contributed by atoms with Gasteiger partial charge in [-0.1, -0.05) is 30.3 Å². The van der Waals surface area contributed by atoms with Crippen LogP contribution < -0.4 is 4.72 Å². The normalized spacial score (nSPS) is 11.6. The first-order valence-electron chi connectivity index (χ1n) is 8.30. The highest BCUT2D eigenvalue weighted by molar-refractivity contribution is 7.89. The second-order valence-corrected chi connectivity index (χ2v) is 7.74. The summed E-state index contributed by atoms with van der Waals surface area (Å²) in [6, 6.07) is 13.6. The van der Waals surface area contributed by atoms with Gasteiger partial charge < -0.3 is 4.57 Å². The van der Waals surface area contributed by atoms with Crippen LogP contribution in [-0.4, -0.2) is 24.5 Å². The number of imidazole rings is 1. The molecule has 0 aliphatic carbocycles. The molecule has 1 heterocycles. The maximum atomic E-state index is 13.3. The van der Waals surface area contributed by atoms with Crippen molar-refractivity contribution in [2.45, 2.75) is 24.8 Å². The van der Waals surface area contributed by atoms with Crippen LogP contribution in [0.3, 0.4) is 0 Å². The predicted molar refractivity (Wildman–Crippen MR) is 98.6 cm³/mol. The molecule has 0 spiro atoms. The van der Waals surface area contributed by atoms with E-state index in [-0.39, 0.29) is 11.4 Å². The molecule has 0 saturated heterocycles. The van der Waals surface area contributed by atoms with E-state index in [4.69, 9.17) is 0 Å². The second-order valence-electron chi connectivity index (χ2n) is 5.97. The topological polar surface area (TPSA) is 64.0 Å². The van der Waals surface area contributed by atoms with Crippen molar-refractivity contribution in [2.24, 2.45) is 0 Å². The molecule has 0 saturated carbocycles. The number of benzene rings is 2. The second kappa shape index (κ2) is 7.80. The average molecular weight is 373 g/mol. The fourth-order valence-corrected chi connectivity index (χ4v) is 3.82. The minimum atomic E-state index is -3.64. The average Bonchev–Trinajstić information content (AvgIpc) is 3.10. The third kappa shape index (κ3) is 4.17. The summed E-state index contributed by atoms with van der Waals surface area (Å²) in [7, 11) is -3.64. The summed E-state index contributed by atoms with van der Waals surface area (Å²) in [6.45, 7) is 2.46. The molecule has 0 aliphatic rings. The summed E-state index contributed by atoms with van der Waals surface area (Å²) in [6.07, 6.45) is 4.21. The molecular formula is C19H20FN3O2S. The first-order chi connectivity index (χ1) is 12.5. The van der Waals surface area contributed by atoms with Crippen LogP contribution in [0.1, 0.15) is 12.0 Å². The fraction of sp³-hybridized carbons (Fsp3) is 0.211. The van der Waals surface area contributed by atoms with Crippen molar-refractivity contribution >= 4 is 10.0 Å². The lowest BCUT2D eigenvalue weighted by Crippen LogP contribution is -2.25. The Balaban J connectivity index is 1.59. The third-order valence-corrected chi connectivity index (χ3v) is 5.51. The molecule has 2 aromatic carbocycles. The molecular weight excluding hydrogens is 353 g/mol. The monoisotopic (exact) mass is 373 g/mol. The summed E-state index contributed by atoms with van der Waals surface area (Å²) < 4.78 is 42.4. The Hall–Kier alpha value is -2.51. The Morgan fingerprint density at radius 1 is 1.15 bits per heavy atom. The van der Waals surface area contributed by atoms with Crippen LogP contribution in [0.5, 0.6) is 0 Å². The zero-order valence-corrected chi connectivity index (χ0v) is 15.2. The van der Waals surface area contributed by atoms with Gasteiger partial charge in [0.05, 0.1) is 4.90 Å². The van der Waals surface area contributed by atoms with Gasteiger partial charge in [-0.3, -0.25) is 0 Å². The van der Waals surface area contributed by atoms with Gasteiger partial charge in [0.1, 0.15) is 11.6 Å². The van der Waals surface area contributed by atoms with Crippen LogP contribution in [0, 0.1) is 12.7 Å². The molecule has 0 aliphatic heterocycles. The molecule has 26 heavy (non-hydrogen) atoms. The van der Waals surface area contributed by atoms with E-state index in [0.717, 1.165) is 11.4 Å². The Kier molecular flexibility index (Phi) is 5.49. The van der Waals surface area contributed by atoms with Crippen LogP contribution in [0.2, 0.25) is 0 Å². The molecule has 1 aromatic heterocycles. The first-order valence-corrected chi connectivity index (χ1v) is 9.78. The summed E-state index contributed by atoms with van der Waals surface area (Å²) in [5, 5.41) is 0. The lowest BCUT2D eigenvalue weighted by Gasteiger charge is -2.10. The Morgan fingerprint density at radius 3 is 2.65 bits per heavy atom. The summed E-state index contributed by atoms with van der Waals surface area (Å²) in [4.78, 5) is 4.44. The maximum Gasteiger partial charge on any atom is 0.240 e. The van der Waals surface area contributed by atoms with E-state index in [9.17, 15) is 12.8 Å². The number of nitrogens with one attached hydrogen (secondary N) is 1. The standard InChI is InChI=1S/C19H20FN3O2S/c1-15-14-17(8-9-18(15)20)26(24,25)22-10-5-12-23-13-11-21-19(23)16-6-3-2-4-7-16/h2-4,6-9,11,13-14,22H,5,10,12H2,1H3. The zero-order valence-electron chi connectivity index (χ0n) is 14.4. The SMILES string of the molecule is Cc1cc(S(=O)(=O)NCCCn2ccnc2-c2ccccc2)ccc1F. The van der Waals surface area contributed by atoms with Crippen molar-refractivity contribution in [1.29, 1.82) is 0 Å². The Morgan fingerprint density at radius 2 is 1.92 bits per heavy atom. The number of halogens is 1. The van der Waals surface area contributed by atoms with Gasteiger partial charge in [-0.25, -0.2) is 22.5 Å². The van der Waals surface area contributed by atoms with E-state index in [1.54, 1.807) is 13.1 Å². The molecule has 7 heteroatoms. The molecule has 3 aromatic rings. The van der Waals surface area contributed by atoms with Crippen molar-refractivity contribution in [1.82, 2.24) is 14.3 Å². The first kappa shape index (κ1) is 18.3. The Labute approximate surface area is 152 Å². The maximum absolute atomic E-state index is 13.3. The minimum absolute atomic E-state index is 0.0732. The fourth-order valence-electron chi connectivity index (χ4n) is 2.66. The highest BCUT2D eigenvalue weighted by atomic mass is 32.2. The highest BCUT2D eigenvalue weighted by Crippen LogP contribution is 2.17. The van der Waals surface area contributed by atoms with Gasteiger partial charge in [0.25, 0.3) is 0 Å². The molecule has 136 valence electrons. The molecule has 1 N–H and O–H groups in total. The van der Waals surface area contributed by atoms with Gasteiger partial charge >= 0.3 is 0 Å². The molecule has 0 radical (unpaired) electrons. The molecule has 0 amide bonds. The number of rotatable bonds is 7. The van der Waals surface area contributed by atoms with E-state index in [1.165, 1.54) is 18.2 Å². The summed E-state index contributed by atoms with van der Waals surface area (Å²) >= 11 is 0. The van der Waals surface area contributed by atoms with Crippen LogP contribution in [0.15, 0.2) is 65.8 Å². The molecule has 5 nitrogen and oxygen atoms in total. The predicted octanol–water partition coefficient (Wildman–Crippen LogP) is 3.37. The van der Waals surface area contributed by atoms with Gasteiger partial charge in [0, 0.05) is 31.0 Å². The van der Waals surface area contributed by atoms with E-state index in [2.05, 4.69) is 9.71 Å². The van der Waals surface area contributed by atoms with Crippen molar-refractivity contribution in [3.63, 3.8) is 0 Å². The number of aryl methyl sites for hydroxylation is 2. The summed E-state index contributed by atoms with van der Waals surface area (Å²) in [5.74, 6) is 0.431. The van der Waals surface area contributed by atoms with E-state index < -0.39 is 15.8 Å². The smallest absolute Gasteiger partial charge is 0.240 e. The highest BCUT2D eigenvalue weighted by Gasteiger charge is 2.14. The largest absolute Gasteiger partial charge is 0.331 e. The van der Waals surface area contributed by atoms with Crippen LogP contribution in [0.4, 0.5) is 4.39 Å². The number of hydrogen-bond donors (Lipinski definition) is 1. The quantitative estimate of drug-likeness (QED) is 0.646. The molecule has 0 atom stereocenters. The van der Waals surface area contributed by atoms with Crippen molar-refractivity contribution in [3.05, 3.63) is 72.3 Å². The van der Waals surface area contributed by atoms with Gasteiger partial charge in [-0.2, -0.15) is 0 Å². The number of aromatic nitrogens is 2. The molecule has 0 fully saturated rings. The van der Waals surface area contributed by atoms with Crippen LogP contribution in [0.25, 0.3) is 11.4 Å². The summed E-state index contributed by atoms with van der Waals surface area (Å²) in [5.41, 5.74) is 1.32. The number of hydrogen-bond acceptors (Lipinski definition) is 3. The lowest BCUT2D eigenvalue weighted by molar-refractivity contribution is 0.569. The molecule has 0 bridgehead atoms. The minimum Gasteiger partial charge on any atom is -0.331 e. The van der Waals surface area contributed by atoms with Gasteiger partial charge in [0.2, 0.25) is 10.0 Å². The number of sulfonamides is 1. The molecule has 0 unspecified atom stereocenters. The van der Waals surface area contributed by atoms with Gasteiger partial charge in [-0.05, 0) is 37.1 Å². The van der Waals surface area contributed by atoms with Crippen molar-refractivity contribution in [2.75, 3.05) is 6.54 Å². The Bertz CT molecular complexity index is 985. The van der Waals surface area contributed by atoms with E-state index in [0.29, 0.717) is 18.5 Å². The molecule has 3 rings (SSSR count). The van der Waals surface area contributed by atoms with Crippen LogP contribution in [-0.2, 0) is 16.6 Å². The van der Waals surface area contributed by atoms with Crippen LogP contribution >= 0.6 is 0 Å². The van der Waals surface area contributed by atoms with Crippen molar-refractivity contribution < 1.29 is 12.8 Å². The van der Waals surface area contributed by atoms with Crippen molar-refractivity contribution in [3.8, 4) is 11.4 Å². The number of nitrogens with zero attached hydrogens (tertiary/aromatic N) is 2.